The van der Waals surface area contributed by atoms with Gasteiger partial charge in [-0.1, -0.05) is 62.9 Å². The number of aliphatic hydroxyl groups is 2. The van der Waals surface area contributed by atoms with Crippen LogP contribution < -0.4 is 0 Å². The number of aliphatic imine (C=N–C) groups is 1. The van der Waals surface area contributed by atoms with Crippen molar-refractivity contribution in [1.29, 1.82) is 0 Å². The van der Waals surface area contributed by atoms with Crippen molar-refractivity contribution >= 4 is 22.6 Å². The zero-order valence-electron chi connectivity index (χ0n) is 18.3. The van der Waals surface area contributed by atoms with Gasteiger partial charge < -0.3 is 10.2 Å². The van der Waals surface area contributed by atoms with Crippen molar-refractivity contribution in [2.45, 2.75) is 89.4 Å². The van der Waals surface area contributed by atoms with Gasteiger partial charge in [0, 0.05) is 30.4 Å². The van der Waals surface area contributed by atoms with Crippen molar-refractivity contribution in [3.63, 3.8) is 0 Å². The molecular formula is C25H35NO3S. The fraction of sp³-hybridized carbons (Fsp3) is 0.680. The van der Waals surface area contributed by atoms with Crippen LogP contribution in [-0.2, 0) is 4.79 Å². The highest BCUT2D eigenvalue weighted by Gasteiger charge is 2.54. The van der Waals surface area contributed by atoms with Crippen LogP contribution in [0.1, 0.15) is 71.6 Å². The predicted molar refractivity (Wildman–Crippen MR) is 125 cm³/mol. The van der Waals surface area contributed by atoms with Gasteiger partial charge in [-0.2, -0.15) is 0 Å². The topological polar surface area (TPSA) is 69.9 Å². The largest absolute Gasteiger partial charge is 0.392 e. The summed E-state index contributed by atoms with van der Waals surface area (Å²) in [6.45, 7) is 4.13. The molecule has 2 aliphatic rings. The smallest absolute Gasteiger partial charge is 0.188 e. The summed E-state index contributed by atoms with van der Waals surface area (Å²) in [4.78, 5) is 16.7. The maximum absolute atomic E-state index is 11.8. The number of rotatable bonds is 11. The van der Waals surface area contributed by atoms with Crippen LogP contribution in [0, 0.1) is 36.0 Å². The first-order chi connectivity index (χ1) is 14.5. The van der Waals surface area contributed by atoms with Crippen LogP contribution in [0.3, 0.4) is 0 Å². The number of aliphatic hydroxyl groups excluding tert-OH is 2. The van der Waals surface area contributed by atoms with Crippen LogP contribution in [0.15, 0.2) is 17.1 Å². The lowest BCUT2D eigenvalue weighted by Crippen LogP contribution is -2.27. The van der Waals surface area contributed by atoms with Gasteiger partial charge >= 0.3 is 0 Å². The number of unbranched alkanes of at least 4 members (excludes halogenated alkanes) is 2. The van der Waals surface area contributed by atoms with Crippen molar-refractivity contribution in [3.8, 4) is 24.2 Å². The Morgan fingerprint density at radius 2 is 2.20 bits per heavy atom. The minimum absolute atomic E-state index is 0.0585. The molecule has 1 saturated carbocycles. The van der Waals surface area contributed by atoms with E-state index in [1.54, 1.807) is 0 Å². The lowest BCUT2D eigenvalue weighted by Gasteiger charge is -2.22. The molecule has 1 aliphatic carbocycles. The fourth-order valence-electron chi connectivity index (χ4n) is 4.57. The molecular weight excluding hydrogens is 394 g/mol. The Morgan fingerprint density at radius 1 is 1.40 bits per heavy atom. The molecule has 0 amide bonds. The minimum atomic E-state index is -0.647. The number of fused-ring (bicyclic) bond motifs is 1. The Labute approximate surface area is 186 Å². The Balaban J connectivity index is 2.06. The lowest BCUT2D eigenvalue weighted by molar-refractivity contribution is -0.111. The average Bonchev–Trinajstić information content (AvgIpc) is 3.16. The van der Waals surface area contributed by atoms with E-state index in [0.29, 0.717) is 12.8 Å². The molecule has 0 aromatic heterocycles. The summed E-state index contributed by atoms with van der Waals surface area (Å²) in [5.41, 5.74) is 0.417. The number of nitrogens with zero attached hydrogens (tertiary/aromatic N) is 1. The van der Waals surface area contributed by atoms with E-state index >= 15 is 0 Å². The van der Waals surface area contributed by atoms with Gasteiger partial charge in [-0.3, -0.25) is 9.79 Å². The number of hydrogen-bond donors (Lipinski definition) is 2. The Hall–Kier alpha value is -1.53. The van der Waals surface area contributed by atoms with Crippen LogP contribution in [0.4, 0.5) is 0 Å². The summed E-state index contributed by atoms with van der Waals surface area (Å²) >= 11 is 1.37. The first kappa shape index (κ1) is 24.7. The van der Waals surface area contributed by atoms with Crippen molar-refractivity contribution in [2.75, 3.05) is 5.75 Å². The van der Waals surface area contributed by atoms with Crippen LogP contribution in [0.2, 0.25) is 0 Å². The molecule has 0 bridgehead atoms. The first-order valence-electron chi connectivity index (χ1n) is 11.2. The third-order valence-corrected chi connectivity index (χ3v) is 6.83. The van der Waals surface area contributed by atoms with Crippen LogP contribution >= 0.6 is 11.8 Å². The molecule has 4 nitrogen and oxygen atoms in total. The van der Waals surface area contributed by atoms with E-state index in [0.717, 1.165) is 56.4 Å². The quantitative estimate of drug-likeness (QED) is 0.294. The van der Waals surface area contributed by atoms with Crippen molar-refractivity contribution in [3.05, 3.63) is 12.2 Å². The van der Waals surface area contributed by atoms with E-state index in [4.69, 9.17) is 11.4 Å². The van der Waals surface area contributed by atoms with Crippen molar-refractivity contribution in [2.24, 2.45) is 16.8 Å². The normalized spacial score (nSPS) is 28.5. The summed E-state index contributed by atoms with van der Waals surface area (Å²) in [5, 5.41) is 21.2. The van der Waals surface area contributed by atoms with Gasteiger partial charge in [0.05, 0.1) is 12.2 Å². The molecule has 4 unspecified atom stereocenters. The van der Waals surface area contributed by atoms with E-state index in [2.05, 4.69) is 24.7 Å². The van der Waals surface area contributed by atoms with Gasteiger partial charge in [0.25, 0.3) is 0 Å². The Morgan fingerprint density at radius 3 is 2.90 bits per heavy atom. The highest BCUT2D eigenvalue weighted by molar-refractivity contribution is 8.13. The summed E-state index contributed by atoms with van der Waals surface area (Å²) < 4.78 is 0. The van der Waals surface area contributed by atoms with Gasteiger partial charge in [-0.15, -0.1) is 6.42 Å². The minimum Gasteiger partial charge on any atom is -0.392 e. The van der Waals surface area contributed by atoms with E-state index < -0.39 is 17.7 Å². The standard InChI is InChI=1S/C25H35NO3S/c1-4-7-9-12-20(27)14-15-21-22-17-19(11-10-13-24(29)30-6-3)26-25(22,16-8-5-2)18-23(21)28/h2,14-15,20-23,27-28H,4,6-7,9-13,17-18H2,1,3H3/b15-14+/t20-,21?,22?,23?,25?/m0/s1. The molecule has 5 heteroatoms. The van der Waals surface area contributed by atoms with Crippen molar-refractivity contribution < 1.29 is 15.0 Å². The molecule has 0 aromatic rings. The molecule has 164 valence electrons. The second-order valence-corrected chi connectivity index (χ2v) is 9.58. The average molecular weight is 430 g/mol. The second kappa shape index (κ2) is 12.4. The van der Waals surface area contributed by atoms with Crippen LogP contribution in [-0.4, -0.2) is 44.5 Å². The number of carbonyl (C=O) groups excluding carboxylic acids is 1. The molecule has 2 rings (SSSR count). The number of hydrogen-bond acceptors (Lipinski definition) is 5. The van der Waals surface area contributed by atoms with E-state index in [-0.39, 0.29) is 17.0 Å². The summed E-state index contributed by atoms with van der Waals surface area (Å²) in [6.07, 6.45) is 15.4. The zero-order valence-corrected chi connectivity index (χ0v) is 19.1. The maximum atomic E-state index is 11.8. The van der Waals surface area contributed by atoms with E-state index in [1.165, 1.54) is 11.8 Å². The van der Waals surface area contributed by atoms with Crippen molar-refractivity contribution in [1.82, 2.24) is 0 Å². The highest BCUT2D eigenvalue weighted by Crippen LogP contribution is 2.50. The molecule has 0 saturated heterocycles. The lowest BCUT2D eigenvalue weighted by atomic mass is 9.82. The summed E-state index contributed by atoms with van der Waals surface area (Å²) in [5.74, 6) is 9.02. The zero-order chi connectivity index (χ0) is 22.0. The van der Waals surface area contributed by atoms with Gasteiger partial charge in [-0.25, -0.2) is 0 Å². The summed E-state index contributed by atoms with van der Waals surface area (Å²) in [7, 11) is 0. The van der Waals surface area contributed by atoms with Gasteiger partial charge in [-0.05, 0) is 43.3 Å². The molecule has 0 radical (unpaired) electrons. The molecule has 1 heterocycles. The molecule has 5 atom stereocenters. The third-order valence-electron chi connectivity index (χ3n) is 6.02. The number of carbonyl (C=O) groups is 1. The second-order valence-electron chi connectivity index (χ2n) is 8.26. The Bertz CT molecular complexity index is 742. The Kier molecular flexibility index (Phi) is 10.2. The van der Waals surface area contributed by atoms with Crippen LogP contribution in [0.25, 0.3) is 0 Å². The molecule has 1 aliphatic heterocycles. The molecule has 30 heavy (non-hydrogen) atoms. The first-order valence-corrected chi connectivity index (χ1v) is 12.2. The van der Waals surface area contributed by atoms with Gasteiger partial charge in [0.1, 0.15) is 5.54 Å². The fourth-order valence-corrected chi connectivity index (χ4v) is 5.18. The van der Waals surface area contributed by atoms with Gasteiger partial charge in [0.15, 0.2) is 5.12 Å². The predicted octanol–water partition coefficient (Wildman–Crippen LogP) is 4.15. The summed E-state index contributed by atoms with van der Waals surface area (Å²) in [6, 6.07) is 0. The molecule has 2 N–H and O–H groups in total. The monoisotopic (exact) mass is 429 g/mol. The highest BCUT2D eigenvalue weighted by atomic mass is 32.2. The maximum Gasteiger partial charge on any atom is 0.188 e. The number of terminal acetylenes is 1. The van der Waals surface area contributed by atoms with Gasteiger partial charge in [0.2, 0.25) is 0 Å². The number of thioether (sulfide) groups is 1. The molecule has 1 fully saturated rings. The molecule has 0 spiro atoms. The van der Waals surface area contributed by atoms with E-state index in [9.17, 15) is 15.0 Å². The van der Waals surface area contributed by atoms with Crippen LogP contribution in [0.5, 0.6) is 0 Å². The SMILES string of the molecule is C#CC#CC12CC(O)C(/C=C/[C@@H](O)CCCCC)C1CC(CCCC(=O)SCC)=N2. The third kappa shape index (κ3) is 6.74. The van der Waals surface area contributed by atoms with E-state index in [1.807, 2.05) is 19.1 Å². The molecule has 0 aromatic carbocycles.